The molecule has 0 atom stereocenters. The van der Waals surface area contributed by atoms with Crippen molar-refractivity contribution in [3.63, 3.8) is 0 Å². The molecular formula is C14H16N4O. The van der Waals surface area contributed by atoms with E-state index in [2.05, 4.69) is 16.2 Å². The van der Waals surface area contributed by atoms with Crippen molar-refractivity contribution in [3.8, 4) is 11.9 Å². The Morgan fingerprint density at radius 1 is 1.37 bits per heavy atom. The summed E-state index contributed by atoms with van der Waals surface area (Å²) in [5.74, 6) is 0.551. The van der Waals surface area contributed by atoms with Gasteiger partial charge in [-0.2, -0.15) is 10.4 Å². The van der Waals surface area contributed by atoms with Gasteiger partial charge in [-0.05, 0) is 37.5 Å². The molecule has 0 aliphatic carbocycles. The molecule has 2 heterocycles. The maximum atomic E-state index is 9.06. The second kappa shape index (κ2) is 6.01. The molecule has 0 spiro atoms. The van der Waals surface area contributed by atoms with Crippen LogP contribution in [0.25, 0.3) is 0 Å². The largest absolute Gasteiger partial charge is 0.477 e. The fraction of sp³-hybridized carbons (Fsp3) is 0.357. The van der Waals surface area contributed by atoms with Gasteiger partial charge in [0, 0.05) is 19.4 Å². The summed E-state index contributed by atoms with van der Waals surface area (Å²) in [4.78, 5) is 3.98. The molecule has 0 fully saturated rings. The maximum absolute atomic E-state index is 9.06. The lowest BCUT2D eigenvalue weighted by molar-refractivity contribution is 0.284. The minimum atomic E-state index is 0.520. The van der Waals surface area contributed by atoms with E-state index in [0.29, 0.717) is 23.7 Å². The Morgan fingerprint density at radius 2 is 2.11 bits per heavy atom. The Hall–Kier alpha value is -2.35. The molecule has 0 saturated carbocycles. The molecule has 0 aliphatic heterocycles. The molecule has 0 aliphatic rings. The van der Waals surface area contributed by atoms with Crippen LogP contribution in [0.3, 0.4) is 0 Å². The van der Waals surface area contributed by atoms with E-state index in [4.69, 9.17) is 10.00 Å². The zero-order valence-corrected chi connectivity index (χ0v) is 11.1. The van der Waals surface area contributed by atoms with Crippen LogP contribution >= 0.6 is 0 Å². The first-order valence-electron chi connectivity index (χ1n) is 6.17. The first kappa shape index (κ1) is 13.1. The Balaban J connectivity index is 1.88. The Kier molecular flexibility index (Phi) is 4.14. The summed E-state index contributed by atoms with van der Waals surface area (Å²) in [5, 5.41) is 13.2. The summed E-state index contributed by atoms with van der Waals surface area (Å²) in [6.07, 6.45) is 5.39. The molecule has 2 aromatic rings. The number of hydrogen-bond acceptors (Lipinski definition) is 4. The number of rotatable bonds is 5. The number of nitriles is 1. The zero-order chi connectivity index (χ0) is 13.7. The average molecular weight is 256 g/mol. The molecule has 0 N–H and O–H groups in total. The molecule has 0 saturated heterocycles. The van der Waals surface area contributed by atoms with Gasteiger partial charge in [0.25, 0.3) is 0 Å². The number of pyridine rings is 1. The van der Waals surface area contributed by atoms with Gasteiger partial charge in [0.05, 0.1) is 12.3 Å². The third-order valence-corrected chi connectivity index (χ3v) is 2.88. The summed E-state index contributed by atoms with van der Waals surface area (Å²) in [7, 11) is 1.78. The fourth-order valence-electron chi connectivity index (χ4n) is 1.93. The van der Waals surface area contributed by atoms with Gasteiger partial charge in [-0.25, -0.2) is 4.68 Å². The second-order valence-electron chi connectivity index (χ2n) is 4.31. The van der Waals surface area contributed by atoms with Crippen molar-refractivity contribution in [1.29, 1.82) is 5.26 Å². The summed E-state index contributed by atoms with van der Waals surface area (Å²) in [6, 6.07) is 6.12. The maximum Gasteiger partial charge on any atom is 0.230 e. The molecule has 19 heavy (non-hydrogen) atoms. The lowest BCUT2D eigenvalue weighted by Crippen LogP contribution is -2.04. The van der Waals surface area contributed by atoms with Crippen molar-refractivity contribution in [3.05, 3.63) is 41.3 Å². The molecule has 2 aromatic heterocycles. The quantitative estimate of drug-likeness (QED) is 0.768. The van der Waals surface area contributed by atoms with Crippen LogP contribution in [-0.2, 0) is 13.5 Å². The summed E-state index contributed by atoms with van der Waals surface area (Å²) in [5.41, 5.74) is 2.46. The number of hydrogen-bond donors (Lipinski definition) is 0. The SMILES string of the molecule is Cc1nn(C)c(OCCCc2ccncc2)c1C#N. The smallest absolute Gasteiger partial charge is 0.230 e. The molecule has 0 unspecified atom stereocenters. The number of aromatic nitrogens is 3. The van der Waals surface area contributed by atoms with Crippen molar-refractivity contribution in [2.24, 2.45) is 7.05 Å². The first-order valence-corrected chi connectivity index (χ1v) is 6.17. The Morgan fingerprint density at radius 3 is 2.79 bits per heavy atom. The first-order chi connectivity index (χ1) is 9.22. The fourth-order valence-corrected chi connectivity index (χ4v) is 1.93. The number of nitrogens with zero attached hydrogens (tertiary/aromatic N) is 4. The molecule has 98 valence electrons. The van der Waals surface area contributed by atoms with Gasteiger partial charge in [-0.15, -0.1) is 0 Å². The number of ether oxygens (including phenoxy) is 1. The predicted molar refractivity (Wildman–Crippen MR) is 70.7 cm³/mol. The van der Waals surface area contributed by atoms with Crippen LogP contribution in [0, 0.1) is 18.3 Å². The van der Waals surface area contributed by atoms with Gasteiger partial charge in [-0.1, -0.05) is 0 Å². The zero-order valence-electron chi connectivity index (χ0n) is 11.1. The standard InChI is InChI=1S/C14H16N4O/c1-11-13(10-15)14(18(2)17-11)19-9-3-4-12-5-7-16-8-6-12/h5-8H,3-4,9H2,1-2H3. The normalized spacial score (nSPS) is 10.2. The van der Waals surface area contributed by atoms with E-state index in [1.807, 2.05) is 19.1 Å². The highest BCUT2D eigenvalue weighted by molar-refractivity contribution is 5.41. The van der Waals surface area contributed by atoms with E-state index in [0.717, 1.165) is 12.8 Å². The predicted octanol–water partition coefficient (Wildman–Crippen LogP) is 2.01. The third-order valence-electron chi connectivity index (χ3n) is 2.88. The highest BCUT2D eigenvalue weighted by Crippen LogP contribution is 2.20. The van der Waals surface area contributed by atoms with E-state index in [1.165, 1.54) is 5.56 Å². The molecule has 0 aromatic carbocycles. The highest BCUT2D eigenvalue weighted by Gasteiger charge is 2.13. The summed E-state index contributed by atoms with van der Waals surface area (Å²) < 4.78 is 7.28. The van der Waals surface area contributed by atoms with E-state index >= 15 is 0 Å². The lowest BCUT2D eigenvalue weighted by atomic mass is 10.1. The van der Waals surface area contributed by atoms with E-state index in [1.54, 1.807) is 24.1 Å². The van der Waals surface area contributed by atoms with Crippen LogP contribution in [0.4, 0.5) is 0 Å². The molecule has 2 rings (SSSR count). The molecule has 0 radical (unpaired) electrons. The van der Waals surface area contributed by atoms with E-state index < -0.39 is 0 Å². The minimum Gasteiger partial charge on any atom is -0.477 e. The number of aryl methyl sites for hydroxylation is 3. The third kappa shape index (κ3) is 3.10. The second-order valence-corrected chi connectivity index (χ2v) is 4.31. The molecule has 5 heteroatoms. The monoisotopic (exact) mass is 256 g/mol. The summed E-state index contributed by atoms with van der Waals surface area (Å²) >= 11 is 0. The molecule has 5 nitrogen and oxygen atoms in total. The lowest BCUT2D eigenvalue weighted by Gasteiger charge is -2.06. The molecule has 0 bridgehead atoms. The van der Waals surface area contributed by atoms with E-state index in [9.17, 15) is 0 Å². The average Bonchev–Trinajstić information content (AvgIpc) is 2.70. The van der Waals surface area contributed by atoms with Gasteiger partial charge < -0.3 is 4.74 Å². The van der Waals surface area contributed by atoms with Crippen LogP contribution in [-0.4, -0.2) is 21.4 Å². The van der Waals surface area contributed by atoms with Crippen LogP contribution < -0.4 is 4.74 Å². The van der Waals surface area contributed by atoms with E-state index in [-0.39, 0.29) is 0 Å². The Labute approximate surface area is 112 Å². The Bertz CT molecular complexity index is 583. The van der Waals surface area contributed by atoms with Gasteiger partial charge in [0.15, 0.2) is 0 Å². The van der Waals surface area contributed by atoms with Gasteiger partial charge in [-0.3, -0.25) is 4.98 Å². The minimum absolute atomic E-state index is 0.520. The molecule has 0 amide bonds. The van der Waals surface area contributed by atoms with Crippen molar-refractivity contribution in [2.45, 2.75) is 19.8 Å². The van der Waals surface area contributed by atoms with Crippen LogP contribution in [0.2, 0.25) is 0 Å². The highest BCUT2D eigenvalue weighted by atomic mass is 16.5. The summed E-state index contributed by atoms with van der Waals surface area (Å²) in [6.45, 7) is 2.37. The van der Waals surface area contributed by atoms with Gasteiger partial charge in [0.1, 0.15) is 11.6 Å². The van der Waals surface area contributed by atoms with Crippen LogP contribution in [0.5, 0.6) is 5.88 Å². The van der Waals surface area contributed by atoms with Crippen molar-refractivity contribution in [2.75, 3.05) is 6.61 Å². The topological polar surface area (TPSA) is 63.7 Å². The van der Waals surface area contributed by atoms with Gasteiger partial charge in [0.2, 0.25) is 5.88 Å². The van der Waals surface area contributed by atoms with Crippen molar-refractivity contribution in [1.82, 2.24) is 14.8 Å². The van der Waals surface area contributed by atoms with Crippen LogP contribution in [0.15, 0.2) is 24.5 Å². The van der Waals surface area contributed by atoms with Crippen molar-refractivity contribution >= 4 is 0 Å². The molecular weight excluding hydrogens is 240 g/mol. The van der Waals surface area contributed by atoms with Crippen LogP contribution in [0.1, 0.15) is 23.2 Å². The van der Waals surface area contributed by atoms with Crippen molar-refractivity contribution < 1.29 is 4.74 Å². The van der Waals surface area contributed by atoms with Gasteiger partial charge >= 0.3 is 0 Å².